The molecule has 0 saturated carbocycles. The summed E-state index contributed by atoms with van der Waals surface area (Å²) < 4.78 is 0. The molecule has 0 aliphatic rings. The normalized spacial score (nSPS) is 13.8. The van der Waals surface area contributed by atoms with E-state index in [1.54, 1.807) is 0 Å². The lowest BCUT2D eigenvalue weighted by molar-refractivity contribution is -0.305. The zero-order chi connectivity index (χ0) is 17.2. The predicted molar refractivity (Wildman–Crippen MR) is 94.8 cm³/mol. The summed E-state index contributed by atoms with van der Waals surface area (Å²) in [5.41, 5.74) is 0. The molecule has 1 N–H and O–H groups in total. The van der Waals surface area contributed by atoms with Crippen molar-refractivity contribution in [3.05, 3.63) is 48.6 Å². The molecule has 0 fully saturated rings. The van der Waals surface area contributed by atoms with Crippen molar-refractivity contribution >= 4 is 5.97 Å². The number of aliphatic hydroxyl groups excluding tert-OH is 1. The highest BCUT2D eigenvalue weighted by atomic mass is 16.4. The summed E-state index contributed by atoms with van der Waals surface area (Å²) in [6.45, 7) is 2.16. The van der Waals surface area contributed by atoms with Crippen LogP contribution in [0.15, 0.2) is 48.6 Å². The number of rotatable bonds is 14. The quantitative estimate of drug-likeness (QED) is 0.300. The molecule has 0 aromatic carbocycles. The number of hydrogen-bond acceptors (Lipinski definition) is 3. The fourth-order valence-corrected chi connectivity index (χ4v) is 1.98. The summed E-state index contributed by atoms with van der Waals surface area (Å²) in [6, 6.07) is 0. The third-order valence-electron chi connectivity index (χ3n) is 3.31. The van der Waals surface area contributed by atoms with Crippen molar-refractivity contribution in [3.63, 3.8) is 0 Å². The Bertz CT molecular complexity index is 392. The van der Waals surface area contributed by atoms with Crippen LogP contribution in [-0.2, 0) is 4.79 Å². The van der Waals surface area contributed by atoms with E-state index in [1.807, 2.05) is 30.4 Å². The van der Waals surface area contributed by atoms with E-state index in [9.17, 15) is 15.0 Å². The Hall–Kier alpha value is -1.61. The summed E-state index contributed by atoms with van der Waals surface area (Å²) in [5, 5.41) is 19.9. The minimum Gasteiger partial charge on any atom is -0.550 e. The van der Waals surface area contributed by atoms with Gasteiger partial charge in [-0.25, -0.2) is 0 Å². The molecule has 0 aliphatic heterocycles. The molecule has 0 rings (SSSR count). The van der Waals surface area contributed by atoms with Gasteiger partial charge in [0.2, 0.25) is 0 Å². The maximum atomic E-state index is 10.2. The number of carbonyl (C=O) groups is 1. The Kier molecular flexibility index (Phi) is 15.6. The van der Waals surface area contributed by atoms with Gasteiger partial charge in [-0.1, -0.05) is 74.8 Å². The lowest BCUT2D eigenvalue weighted by atomic mass is 10.1. The van der Waals surface area contributed by atoms with Crippen LogP contribution in [0.1, 0.15) is 64.7 Å². The van der Waals surface area contributed by atoms with Crippen LogP contribution in [0.3, 0.4) is 0 Å². The van der Waals surface area contributed by atoms with Crippen molar-refractivity contribution in [2.24, 2.45) is 0 Å². The van der Waals surface area contributed by atoms with Crippen LogP contribution >= 0.6 is 0 Å². The van der Waals surface area contributed by atoms with Crippen molar-refractivity contribution in [1.29, 1.82) is 0 Å². The van der Waals surface area contributed by atoms with Crippen LogP contribution in [0.4, 0.5) is 0 Å². The lowest BCUT2D eigenvalue weighted by Crippen LogP contribution is -2.21. The second-order valence-corrected chi connectivity index (χ2v) is 5.55. The van der Waals surface area contributed by atoms with Crippen LogP contribution in [0, 0.1) is 0 Å². The molecule has 0 saturated heterocycles. The number of carbonyl (C=O) groups excluding carboxylic acids is 1. The number of aliphatic hydroxyl groups is 1. The first kappa shape index (κ1) is 21.4. The molecule has 23 heavy (non-hydrogen) atoms. The number of carboxylic acids is 1. The van der Waals surface area contributed by atoms with E-state index < -0.39 is 5.97 Å². The van der Waals surface area contributed by atoms with Crippen molar-refractivity contribution in [2.75, 3.05) is 0 Å². The lowest BCUT2D eigenvalue weighted by Gasteiger charge is -2.02. The van der Waals surface area contributed by atoms with Crippen LogP contribution in [0.2, 0.25) is 0 Å². The van der Waals surface area contributed by atoms with Crippen LogP contribution in [-0.4, -0.2) is 17.2 Å². The Morgan fingerprint density at radius 1 is 1.00 bits per heavy atom. The van der Waals surface area contributed by atoms with Gasteiger partial charge in [0.05, 0.1) is 6.10 Å². The molecule has 0 amide bonds. The SMILES string of the molecule is CCCCCC(O)/C=C/C=C/C/C=C/C/C=C/CCCC(=O)[O-]. The van der Waals surface area contributed by atoms with E-state index in [0.717, 1.165) is 32.1 Å². The number of unbranched alkanes of at least 4 members (excludes halogenated alkanes) is 3. The smallest absolute Gasteiger partial charge is 0.0723 e. The molecule has 3 heteroatoms. The summed E-state index contributed by atoms with van der Waals surface area (Å²) in [7, 11) is 0. The molecule has 1 unspecified atom stereocenters. The van der Waals surface area contributed by atoms with Gasteiger partial charge in [0.25, 0.3) is 0 Å². The number of carboxylic acid groups (broad SMARTS) is 1. The van der Waals surface area contributed by atoms with Crippen molar-refractivity contribution in [3.8, 4) is 0 Å². The Morgan fingerprint density at radius 3 is 2.39 bits per heavy atom. The molecular formula is C20H31O3-. The minimum atomic E-state index is -0.979. The van der Waals surface area contributed by atoms with Gasteiger partial charge in [-0.2, -0.15) is 0 Å². The first-order valence-electron chi connectivity index (χ1n) is 8.68. The second kappa shape index (κ2) is 16.8. The molecule has 0 aromatic heterocycles. The van der Waals surface area contributed by atoms with Gasteiger partial charge in [-0.15, -0.1) is 0 Å². The van der Waals surface area contributed by atoms with Gasteiger partial charge in [0.1, 0.15) is 0 Å². The van der Waals surface area contributed by atoms with E-state index in [-0.39, 0.29) is 12.5 Å². The van der Waals surface area contributed by atoms with Crippen LogP contribution in [0.25, 0.3) is 0 Å². The van der Waals surface area contributed by atoms with Gasteiger partial charge >= 0.3 is 0 Å². The summed E-state index contributed by atoms with van der Waals surface area (Å²) in [4.78, 5) is 10.2. The second-order valence-electron chi connectivity index (χ2n) is 5.55. The van der Waals surface area contributed by atoms with Gasteiger partial charge < -0.3 is 15.0 Å². The Labute approximate surface area is 141 Å². The number of hydrogen-bond donors (Lipinski definition) is 1. The minimum absolute atomic E-state index is 0.131. The van der Waals surface area contributed by atoms with Crippen molar-refractivity contribution in [2.45, 2.75) is 70.8 Å². The van der Waals surface area contributed by atoms with E-state index in [2.05, 4.69) is 25.2 Å². The largest absolute Gasteiger partial charge is 0.550 e. The molecule has 0 heterocycles. The average molecular weight is 319 g/mol. The topological polar surface area (TPSA) is 60.4 Å². The number of aliphatic carboxylic acids is 1. The molecule has 3 nitrogen and oxygen atoms in total. The van der Waals surface area contributed by atoms with E-state index in [1.165, 1.54) is 12.8 Å². The van der Waals surface area contributed by atoms with E-state index >= 15 is 0 Å². The molecular weight excluding hydrogens is 288 g/mol. The molecule has 0 aromatic rings. The molecule has 130 valence electrons. The highest BCUT2D eigenvalue weighted by Crippen LogP contribution is 2.04. The molecule has 0 aliphatic carbocycles. The first-order valence-corrected chi connectivity index (χ1v) is 8.68. The molecule has 1 atom stereocenters. The van der Waals surface area contributed by atoms with Crippen LogP contribution < -0.4 is 5.11 Å². The predicted octanol–water partition coefficient (Wildman–Crippen LogP) is 3.85. The molecule has 0 spiro atoms. The Balaban J connectivity index is 3.57. The zero-order valence-electron chi connectivity index (χ0n) is 14.3. The molecule has 0 bridgehead atoms. The fraction of sp³-hybridized carbons (Fsp3) is 0.550. The summed E-state index contributed by atoms with van der Waals surface area (Å²) in [5.74, 6) is -0.979. The van der Waals surface area contributed by atoms with E-state index in [4.69, 9.17) is 0 Å². The van der Waals surface area contributed by atoms with Crippen molar-refractivity contribution < 1.29 is 15.0 Å². The zero-order valence-corrected chi connectivity index (χ0v) is 14.3. The monoisotopic (exact) mass is 319 g/mol. The van der Waals surface area contributed by atoms with Gasteiger partial charge in [-0.05, 0) is 38.5 Å². The standard InChI is InChI=1S/C20H32O3/c1-2-3-13-16-19(21)17-14-11-9-7-5-4-6-8-10-12-15-18-20(22)23/h4-5,8-11,14,17,19,21H,2-3,6-7,12-13,15-16,18H2,1H3,(H,22,23)/p-1/b5-4+,10-8+,11-9+,17-14+. The molecule has 0 radical (unpaired) electrons. The van der Waals surface area contributed by atoms with Gasteiger partial charge in [-0.3, -0.25) is 0 Å². The van der Waals surface area contributed by atoms with E-state index in [0.29, 0.717) is 6.42 Å². The first-order chi connectivity index (χ1) is 11.2. The summed E-state index contributed by atoms with van der Waals surface area (Å²) >= 11 is 0. The third kappa shape index (κ3) is 18.3. The maximum Gasteiger partial charge on any atom is 0.0723 e. The number of allylic oxidation sites excluding steroid dienone is 7. The van der Waals surface area contributed by atoms with Crippen molar-refractivity contribution in [1.82, 2.24) is 0 Å². The van der Waals surface area contributed by atoms with Crippen LogP contribution in [0.5, 0.6) is 0 Å². The van der Waals surface area contributed by atoms with Gasteiger partial charge in [0, 0.05) is 5.97 Å². The average Bonchev–Trinajstić information content (AvgIpc) is 2.51. The summed E-state index contributed by atoms with van der Waals surface area (Å²) in [6.07, 6.45) is 23.2. The van der Waals surface area contributed by atoms with Gasteiger partial charge in [0.15, 0.2) is 0 Å². The Morgan fingerprint density at radius 2 is 1.70 bits per heavy atom. The third-order valence-corrected chi connectivity index (χ3v) is 3.31. The maximum absolute atomic E-state index is 10.2. The fourth-order valence-electron chi connectivity index (χ4n) is 1.98. The highest BCUT2D eigenvalue weighted by Gasteiger charge is 1.96. The highest BCUT2D eigenvalue weighted by molar-refractivity contribution is 5.64.